The Morgan fingerprint density at radius 2 is 2.14 bits per heavy atom. The highest BCUT2D eigenvalue weighted by molar-refractivity contribution is 5.77. The van der Waals surface area contributed by atoms with E-state index in [1.807, 2.05) is 0 Å². The summed E-state index contributed by atoms with van der Waals surface area (Å²) in [4.78, 5) is 11.0. The first kappa shape index (κ1) is 19.9. The molecule has 0 unspecified atom stereocenters. The quantitative estimate of drug-likeness (QED) is 0.517. The van der Waals surface area contributed by atoms with Gasteiger partial charge in [-0.2, -0.15) is 18.3 Å². The first-order chi connectivity index (χ1) is 13.3. The zero-order valence-electron chi connectivity index (χ0n) is 14.9. The van der Waals surface area contributed by atoms with E-state index in [0.717, 1.165) is 12.1 Å². The fraction of sp³-hybridized carbons (Fsp3) is 0.368. The third kappa shape index (κ3) is 5.13. The Kier molecular flexibility index (Phi) is 6.03. The highest BCUT2D eigenvalue weighted by atomic mass is 19.4. The number of rotatable bonds is 6. The molecule has 3 rings (SSSR count). The normalized spacial score (nSPS) is 20.4. The Morgan fingerprint density at radius 3 is 2.89 bits per heavy atom. The highest BCUT2D eigenvalue weighted by Crippen LogP contribution is 2.32. The number of hydrazone groups is 1. The topological polar surface area (TPSA) is 86.9 Å². The molecular weight excluding hydrogens is 375 g/mol. The number of furan rings is 1. The van der Waals surface area contributed by atoms with Crippen LogP contribution in [0.5, 0.6) is 0 Å². The van der Waals surface area contributed by atoms with Gasteiger partial charge in [0, 0.05) is 18.7 Å². The summed E-state index contributed by atoms with van der Waals surface area (Å²) >= 11 is 0. The minimum atomic E-state index is -4.41. The average Bonchev–Trinajstić information content (AvgIpc) is 3.14. The number of aliphatic carboxylic acids is 1. The van der Waals surface area contributed by atoms with Gasteiger partial charge in [-0.3, -0.25) is 4.79 Å². The molecule has 0 amide bonds. The van der Waals surface area contributed by atoms with Crippen LogP contribution < -0.4 is 10.7 Å². The summed E-state index contributed by atoms with van der Waals surface area (Å²) in [5.74, 6) is -0.356. The lowest BCUT2D eigenvalue weighted by atomic mass is 9.91. The van der Waals surface area contributed by atoms with Gasteiger partial charge in [-0.1, -0.05) is 12.1 Å². The average molecular weight is 395 g/mol. The molecule has 1 saturated heterocycles. The number of carboxylic acid groups (broad SMARTS) is 1. The van der Waals surface area contributed by atoms with Crippen molar-refractivity contribution >= 4 is 12.2 Å². The third-order valence-corrected chi connectivity index (χ3v) is 4.56. The van der Waals surface area contributed by atoms with Crippen LogP contribution in [0, 0.1) is 11.8 Å². The van der Waals surface area contributed by atoms with Crippen molar-refractivity contribution < 1.29 is 27.5 Å². The number of hydrogen-bond acceptors (Lipinski definition) is 5. The Bertz CT molecular complexity index is 848. The predicted octanol–water partition coefficient (Wildman–Crippen LogP) is 3.20. The molecule has 28 heavy (non-hydrogen) atoms. The molecule has 1 aliphatic rings. The maximum absolute atomic E-state index is 12.8. The molecule has 1 aliphatic heterocycles. The number of hydrogen-bond donors (Lipinski definition) is 3. The van der Waals surface area contributed by atoms with E-state index in [1.165, 1.54) is 12.3 Å². The standard InChI is InChI=1S/C19H20F3N3O3/c20-19(21,22)15-3-1-2-13(7-15)17-5-4-16(28-17)11-25-24-9-12-6-14(18(26)27)10-23-8-12/h1-5,7,11-12,14,23-24H,6,8-10H2,(H,26,27)/b25-11+/t12-,14+/m0/s1. The number of nitrogens with zero attached hydrogens (tertiary/aromatic N) is 1. The highest BCUT2D eigenvalue weighted by Gasteiger charge is 2.30. The molecule has 2 heterocycles. The molecule has 1 fully saturated rings. The Hall–Kier alpha value is -2.81. The summed E-state index contributed by atoms with van der Waals surface area (Å²) in [6.45, 7) is 1.70. The van der Waals surface area contributed by atoms with Gasteiger partial charge in [0.25, 0.3) is 0 Å². The van der Waals surface area contributed by atoms with E-state index in [2.05, 4.69) is 15.8 Å². The number of carboxylic acids is 1. The summed E-state index contributed by atoms with van der Waals surface area (Å²) in [5.41, 5.74) is 2.46. The van der Waals surface area contributed by atoms with Crippen LogP contribution in [-0.4, -0.2) is 36.9 Å². The lowest BCUT2D eigenvalue weighted by Gasteiger charge is -2.27. The Labute approximate surface area is 159 Å². The van der Waals surface area contributed by atoms with Gasteiger partial charge in [-0.25, -0.2) is 0 Å². The molecule has 150 valence electrons. The van der Waals surface area contributed by atoms with Crippen molar-refractivity contribution in [2.45, 2.75) is 12.6 Å². The van der Waals surface area contributed by atoms with Crippen molar-refractivity contribution in [1.82, 2.24) is 10.7 Å². The van der Waals surface area contributed by atoms with Crippen molar-refractivity contribution in [3.05, 3.63) is 47.7 Å². The first-order valence-electron chi connectivity index (χ1n) is 8.80. The van der Waals surface area contributed by atoms with Gasteiger partial charge in [0.2, 0.25) is 0 Å². The number of benzene rings is 1. The second kappa shape index (κ2) is 8.47. The Morgan fingerprint density at radius 1 is 1.32 bits per heavy atom. The van der Waals surface area contributed by atoms with Crippen molar-refractivity contribution in [2.24, 2.45) is 16.9 Å². The summed E-state index contributed by atoms with van der Waals surface area (Å²) in [5, 5.41) is 16.2. The molecule has 2 atom stereocenters. The summed E-state index contributed by atoms with van der Waals surface area (Å²) in [7, 11) is 0. The fourth-order valence-corrected chi connectivity index (χ4v) is 3.09. The lowest BCUT2D eigenvalue weighted by Crippen LogP contribution is -2.42. The van der Waals surface area contributed by atoms with E-state index in [9.17, 15) is 18.0 Å². The smallest absolute Gasteiger partial charge is 0.416 e. The van der Waals surface area contributed by atoms with Crippen LogP contribution in [0.15, 0.2) is 45.9 Å². The van der Waals surface area contributed by atoms with Crippen molar-refractivity contribution in [3.8, 4) is 11.3 Å². The molecule has 1 aromatic carbocycles. The lowest BCUT2D eigenvalue weighted by molar-refractivity contribution is -0.142. The van der Waals surface area contributed by atoms with Crippen LogP contribution in [0.3, 0.4) is 0 Å². The summed E-state index contributed by atoms with van der Waals surface area (Å²) in [6.07, 6.45) is -2.40. The number of piperidine rings is 1. The molecule has 0 aliphatic carbocycles. The maximum atomic E-state index is 12.8. The van der Waals surface area contributed by atoms with Gasteiger partial charge in [0.05, 0.1) is 17.7 Å². The van der Waals surface area contributed by atoms with Crippen molar-refractivity contribution in [3.63, 3.8) is 0 Å². The van der Waals surface area contributed by atoms with Gasteiger partial charge < -0.3 is 20.3 Å². The second-order valence-electron chi connectivity index (χ2n) is 6.70. The summed E-state index contributed by atoms with van der Waals surface area (Å²) in [6, 6.07) is 8.12. The molecule has 3 N–H and O–H groups in total. The van der Waals surface area contributed by atoms with E-state index >= 15 is 0 Å². The van der Waals surface area contributed by atoms with Gasteiger partial charge in [-0.05, 0) is 43.1 Å². The zero-order chi connectivity index (χ0) is 20.1. The van der Waals surface area contributed by atoms with Crippen LogP contribution in [0.1, 0.15) is 17.7 Å². The van der Waals surface area contributed by atoms with Crippen LogP contribution >= 0.6 is 0 Å². The Balaban J connectivity index is 1.55. The largest absolute Gasteiger partial charge is 0.481 e. The first-order valence-corrected chi connectivity index (χ1v) is 8.80. The molecule has 0 bridgehead atoms. The van der Waals surface area contributed by atoms with Gasteiger partial charge >= 0.3 is 12.1 Å². The predicted molar refractivity (Wildman–Crippen MR) is 96.8 cm³/mol. The molecular formula is C19H20F3N3O3. The third-order valence-electron chi connectivity index (χ3n) is 4.56. The van der Waals surface area contributed by atoms with E-state index < -0.39 is 23.6 Å². The van der Waals surface area contributed by atoms with E-state index in [0.29, 0.717) is 43.1 Å². The van der Waals surface area contributed by atoms with Gasteiger partial charge in [-0.15, -0.1) is 0 Å². The number of nitrogens with one attached hydrogen (secondary N) is 2. The van der Waals surface area contributed by atoms with Crippen molar-refractivity contribution in [2.75, 3.05) is 19.6 Å². The van der Waals surface area contributed by atoms with E-state index in [1.54, 1.807) is 18.2 Å². The maximum Gasteiger partial charge on any atom is 0.416 e. The van der Waals surface area contributed by atoms with Crippen LogP contribution in [0.4, 0.5) is 13.2 Å². The number of carbonyl (C=O) groups is 1. The molecule has 6 nitrogen and oxygen atoms in total. The number of alkyl halides is 3. The molecule has 0 radical (unpaired) electrons. The molecule has 0 saturated carbocycles. The minimum Gasteiger partial charge on any atom is -0.481 e. The summed E-state index contributed by atoms with van der Waals surface area (Å²) < 4.78 is 44.0. The second-order valence-corrected chi connectivity index (χ2v) is 6.70. The van der Waals surface area contributed by atoms with E-state index in [4.69, 9.17) is 9.52 Å². The van der Waals surface area contributed by atoms with Crippen LogP contribution in [0.2, 0.25) is 0 Å². The molecule has 2 aromatic rings. The SMILES string of the molecule is O=C(O)[C@H]1CNC[C@@H](CN/N=C/c2ccc(-c3cccc(C(F)(F)F)c3)o2)C1. The molecule has 9 heteroatoms. The van der Waals surface area contributed by atoms with Crippen LogP contribution in [0.25, 0.3) is 11.3 Å². The van der Waals surface area contributed by atoms with Gasteiger partial charge in [0.15, 0.2) is 0 Å². The number of halogens is 3. The zero-order valence-corrected chi connectivity index (χ0v) is 14.9. The molecule has 0 spiro atoms. The van der Waals surface area contributed by atoms with Gasteiger partial charge in [0.1, 0.15) is 11.5 Å². The molecule has 1 aromatic heterocycles. The van der Waals surface area contributed by atoms with E-state index in [-0.39, 0.29) is 5.92 Å². The fourth-order valence-electron chi connectivity index (χ4n) is 3.09. The van der Waals surface area contributed by atoms with Crippen LogP contribution in [-0.2, 0) is 11.0 Å². The minimum absolute atomic E-state index is 0.143. The monoisotopic (exact) mass is 395 g/mol. The van der Waals surface area contributed by atoms with Crippen molar-refractivity contribution in [1.29, 1.82) is 0 Å².